The van der Waals surface area contributed by atoms with E-state index < -0.39 is 22.5 Å². The minimum Gasteiger partial charge on any atom is -0.504 e. The molecule has 5 heteroatoms. The summed E-state index contributed by atoms with van der Waals surface area (Å²) < 4.78 is 6.45. The summed E-state index contributed by atoms with van der Waals surface area (Å²) in [6, 6.07) is 12.1. The van der Waals surface area contributed by atoms with Crippen LogP contribution in [0.25, 0.3) is 0 Å². The molecule has 1 saturated heterocycles. The number of Topliss-reactive ketones (excluding diaryl/α,β-unsaturated/α-hetero) is 1. The van der Waals surface area contributed by atoms with Crippen LogP contribution >= 0.6 is 0 Å². The highest BCUT2D eigenvalue weighted by Crippen LogP contribution is 2.68. The number of hydrogen-bond acceptors (Lipinski definition) is 5. The number of piperidine rings is 1. The van der Waals surface area contributed by atoms with Gasteiger partial charge in [0.1, 0.15) is 0 Å². The number of aliphatic hydroxyl groups is 1. The number of ketones is 1. The van der Waals surface area contributed by atoms with E-state index >= 15 is 0 Å². The van der Waals surface area contributed by atoms with Crippen LogP contribution in [0.15, 0.2) is 36.4 Å². The summed E-state index contributed by atoms with van der Waals surface area (Å²) in [5.41, 5.74) is 2.22. The molecule has 0 aromatic heterocycles. The molecule has 2 aliphatic heterocycles. The van der Waals surface area contributed by atoms with E-state index in [1.54, 1.807) is 6.07 Å². The Hall–Kier alpha value is -2.37. The lowest BCUT2D eigenvalue weighted by Gasteiger charge is -2.66. The summed E-state index contributed by atoms with van der Waals surface area (Å²) in [5.74, 6) is 1.44. The highest BCUT2D eigenvalue weighted by Gasteiger charge is 2.77. The number of benzene rings is 2. The molecule has 0 amide bonds. The highest BCUT2D eigenvalue weighted by molar-refractivity contribution is 5.95. The number of nitrogens with zero attached hydrogens (tertiary/aromatic N) is 1. The smallest absolute Gasteiger partial charge is 0.180 e. The van der Waals surface area contributed by atoms with Crippen LogP contribution in [0.3, 0.4) is 0 Å². The molecule has 5 atom stereocenters. The van der Waals surface area contributed by atoms with Gasteiger partial charge in [0.05, 0.1) is 11.0 Å². The Balaban J connectivity index is 1.32. The minimum absolute atomic E-state index is 0.0157. The number of ether oxygens (including phenoxy) is 1. The molecule has 4 aliphatic carbocycles. The second-order valence-corrected chi connectivity index (χ2v) is 12.0. The van der Waals surface area contributed by atoms with Gasteiger partial charge in [-0.2, -0.15) is 0 Å². The zero-order chi connectivity index (χ0) is 22.9. The quantitative estimate of drug-likeness (QED) is 0.724. The number of phenolic OH excluding ortho intramolecular Hbond substituents is 1. The van der Waals surface area contributed by atoms with Crippen molar-refractivity contribution in [2.75, 3.05) is 13.1 Å². The van der Waals surface area contributed by atoms with Crippen molar-refractivity contribution in [1.29, 1.82) is 0 Å². The Bertz CT molecular complexity index is 1250. The monoisotopic (exact) mass is 457 g/mol. The van der Waals surface area contributed by atoms with Crippen molar-refractivity contribution in [2.45, 2.75) is 74.5 Å². The standard InChI is InChI=1S/C29H31NO4/c31-21-8-7-19-13-22-29(33)16-27(10-9-18-3-1-2-4-20(18)14-27)25(32)26-28(29,23(19)24(21)34-26)11-12-30(22)15-17-5-6-17/h1-4,7-8,17,22,26,31,33H,5-6,9-16H2/t22-,26+,27+,28+,29-/m1/s1. The van der Waals surface area contributed by atoms with Crippen molar-refractivity contribution in [3.05, 3.63) is 58.7 Å². The normalized spacial score (nSPS) is 39.5. The average Bonchev–Trinajstić information content (AvgIpc) is 3.57. The van der Waals surface area contributed by atoms with Crippen molar-refractivity contribution in [3.8, 4) is 11.5 Å². The third kappa shape index (κ3) is 2.22. The Morgan fingerprint density at radius 1 is 1.06 bits per heavy atom. The van der Waals surface area contributed by atoms with E-state index in [4.69, 9.17) is 4.74 Å². The third-order valence-electron chi connectivity index (χ3n) is 10.4. The van der Waals surface area contributed by atoms with Crippen molar-refractivity contribution in [3.63, 3.8) is 0 Å². The number of hydrogen-bond donors (Lipinski definition) is 2. The number of likely N-dealkylation sites (tertiary alicyclic amines) is 1. The molecule has 176 valence electrons. The first kappa shape index (κ1) is 19.9. The topological polar surface area (TPSA) is 70.0 Å². The van der Waals surface area contributed by atoms with Gasteiger partial charge in [0.25, 0.3) is 0 Å². The highest BCUT2D eigenvalue weighted by atomic mass is 16.5. The number of aryl methyl sites for hydroxylation is 1. The summed E-state index contributed by atoms with van der Waals surface area (Å²) in [6.45, 7) is 1.92. The Labute approximate surface area is 199 Å². The summed E-state index contributed by atoms with van der Waals surface area (Å²) in [6.07, 6.45) is 6.09. The molecular formula is C29H31NO4. The van der Waals surface area contributed by atoms with Crippen molar-refractivity contribution in [2.24, 2.45) is 11.3 Å². The van der Waals surface area contributed by atoms with Gasteiger partial charge in [-0.1, -0.05) is 30.3 Å². The molecular weight excluding hydrogens is 426 g/mol. The lowest BCUT2D eigenvalue weighted by Crippen LogP contribution is -2.79. The van der Waals surface area contributed by atoms with Gasteiger partial charge in [-0.25, -0.2) is 0 Å². The lowest BCUT2D eigenvalue weighted by molar-refractivity contribution is -0.211. The third-order valence-corrected chi connectivity index (χ3v) is 10.4. The van der Waals surface area contributed by atoms with Gasteiger partial charge in [-0.15, -0.1) is 0 Å². The maximum absolute atomic E-state index is 14.4. The van der Waals surface area contributed by atoms with Crippen LogP contribution in [0.5, 0.6) is 11.5 Å². The van der Waals surface area contributed by atoms with Crippen molar-refractivity contribution >= 4 is 5.78 Å². The van der Waals surface area contributed by atoms with Gasteiger partial charge in [-0.3, -0.25) is 9.69 Å². The van der Waals surface area contributed by atoms with Crippen LogP contribution in [0.1, 0.15) is 54.4 Å². The average molecular weight is 458 g/mol. The van der Waals surface area contributed by atoms with Gasteiger partial charge in [-0.05, 0) is 86.6 Å². The van der Waals surface area contributed by atoms with Crippen LogP contribution in [-0.2, 0) is 29.5 Å². The zero-order valence-corrected chi connectivity index (χ0v) is 19.4. The predicted molar refractivity (Wildman–Crippen MR) is 126 cm³/mol. The molecule has 34 heavy (non-hydrogen) atoms. The van der Waals surface area contributed by atoms with Gasteiger partial charge < -0.3 is 14.9 Å². The van der Waals surface area contributed by atoms with Crippen LogP contribution in [0.4, 0.5) is 0 Å². The van der Waals surface area contributed by atoms with E-state index in [1.807, 2.05) is 6.07 Å². The lowest BCUT2D eigenvalue weighted by atomic mass is 9.43. The number of fused-ring (bicyclic) bond motifs is 1. The molecule has 0 unspecified atom stereocenters. The second-order valence-electron chi connectivity index (χ2n) is 12.0. The van der Waals surface area contributed by atoms with Gasteiger partial charge in [0.2, 0.25) is 0 Å². The molecule has 3 fully saturated rings. The van der Waals surface area contributed by atoms with Gasteiger partial charge in [0.15, 0.2) is 23.4 Å². The first-order valence-electron chi connectivity index (χ1n) is 13.0. The number of phenols is 1. The van der Waals surface area contributed by atoms with Crippen LogP contribution in [-0.4, -0.2) is 51.7 Å². The van der Waals surface area contributed by atoms with Crippen LogP contribution < -0.4 is 4.74 Å². The van der Waals surface area contributed by atoms with Crippen molar-refractivity contribution in [1.82, 2.24) is 4.90 Å². The SMILES string of the molecule is O=C1[C@@H]2Oc3c(O)ccc4c3[C@@]23CCN(CC2CC2)[C@H](C4)[C@]3(O)C[C@@]12CCc1ccccc1C2. The Morgan fingerprint density at radius 3 is 2.71 bits per heavy atom. The molecule has 8 rings (SSSR count). The van der Waals surface area contributed by atoms with E-state index in [0.29, 0.717) is 25.0 Å². The maximum Gasteiger partial charge on any atom is 0.180 e. The molecule has 2 saturated carbocycles. The molecule has 0 radical (unpaired) electrons. The van der Waals surface area contributed by atoms with E-state index in [1.165, 1.54) is 24.0 Å². The largest absolute Gasteiger partial charge is 0.504 e. The maximum atomic E-state index is 14.4. The van der Waals surface area contributed by atoms with Gasteiger partial charge in [0, 0.05) is 23.6 Å². The predicted octanol–water partition coefficient (Wildman–Crippen LogP) is 3.31. The van der Waals surface area contributed by atoms with E-state index in [-0.39, 0.29) is 17.6 Å². The van der Waals surface area contributed by atoms with E-state index in [0.717, 1.165) is 49.4 Å². The molecule has 5 nitrogen and oxygen atoms in total. The van der Waals surface area contributed by atoms with Crippen LogP contribution in [0, 0.1) is 11.3 Å². The van der Waals surface area contributed by atoms with Gasteiger partial charge >= 0.3 is 0 Å². The van der Waals surface area contributed by atoms with Crippen molar-refractivity contribution < 1.29 is 19.7 Å². The molecule has 2 aromatic carbocycles. The molecule has 2 spiro atoms. The fourth-order valence-corrected chi connectivity index (χ4v) is 8.68. The Morgan fingerprint density at radius 2 is 1.88 bits per heavy atom. The zero-order valence-electron chi connectivity index (χ0n) is 19.4. The van der Waals surface area contributed by atoms with E-state index in [9.17, 15) is 15.0 Å². The minimum atomic E-state index is -1.04. The first-order chi connectivity index (χ1) is 16.5. The fraction of sp³-hybridized carbons (Fsp3) is 0.552. The number of aromatic hydroxyl groups is 1. The fourth-order valence-electron chi connectivity index (χ4n) is 8.68. The summed E-state index contributed by atoms with van der Waals surface area (Å²) in [7, 11) is 0. The molecule has 2 bridgehead atoms. The first-order valence-corrected chi connectivity index (χ1v) is 13.0. The Kier molecular flexibility index (Phi) is 3.65. The summed E-state index contributed by atoms with van der Waals surface area (Å²) in [5, 5.41) is 23.7. The number of rotatable bonds is 2. The second kappa shape index (κ2) is 6.24. The molecule has 2 N–H and O–H groups in total. The molecule has 6 aliphatic rings. The van der Waals surface area contributed by atoms with Crippen LogP contribution in [0.2, 0.25) is 0 Å². The molecule has 2 aromatic rings. The summed E-state index contributed by atoms with van der Waals surface area (Å²) in [4.78, 5) is 17.0. The summed E-state index contributed by atoms with van der Waals surface area (Å²) >= 11 is 0. The molecule has 2 heterocycles. The van der Waals surface area contributed by atoms with E-state index in [2.05, 4.69) is 29.2 Å². The number of carbonyl (C=O) groups is 1. The number of carbonyl (C=O) groups excluding carboxylic acids is 1.